The molecule has 0 radical (unpaired) electrons. The van der Waals surface area contributed by atoms with Crippen LogP contribution < -0.4 is 5.32 Å². The van der Waals surface area contributed by atoms with Gasteiger partial charge in [-0.25, -0.2) is 0 Å². The number of rotatable bonds is 6. The zero-order valence-electron chi connectivity index (χ0n) is 18.9. The standard InChI is InChI=1S/C23H33N5O2.HI/c1-5-18-8-10-19(11-9-18)20(26(3)4)17-25-23(24-2)28-14-12-27(13-15-28)22(29)21-7-6-16-30-21;/h6-11,16,20H,5,12-15,17H2,1-4H3,(H,24,25);1H. The highest BCUT2D eigenvalue weighted by atomic mass is 127. The molecular weight excluding hydrogens is 505 g/mol. The Labute approximate surface area is 202 Å². The minimum atomic E-state index is -0.0502. The molecule has 0 bridgehead atoms. The number of guanidine groups is 1. The van der Waals surface area contributed by atoms with Gasteiger partial charge in [0.25, 0.3) is 5.91 Å². The lowest BCUT2D eigenvalue weighted by molar-refractivity contribution is 0.0657. The number of carbonyl (C=O) groups is 1. The van der Waals surface area contributed by atoms with Crippen LogP contribution in [0, 0.1) is 0 Å². The number of benzene rings is 1. The fourth-order valence-corrected chi connectivity index (χ4v) is 3.77. The van der Waals surface area contributed by atoms with Gasteiger partial charge in [0.15, 0.2) is 11.7 Å². The molecule has 1 aromatic carbocycles. The number of amides is 1. The molecule has 1 unspecified atom stereocenters. The van der Waals surface area contributed by atoms with Gasteiger partial charge in [0.1, 0.15) is 0 Å². The van der Waals surface area contributed by atoms with Gasteiger partial charge < -0.3 is 24.4 Å². The van der Waals surface area contributed by atoms with Gasteiger partial charge in [-0.1, -0.05) is 31.2 Å². The monoisotopic (exact) mass is 539 g/mol. The molecule has 1 atom stereocenters. The van der Waals surface area contributed by atoms with Gasteiger partial charge in [-0.3, -0.25) is 9.79 Å². The van der Waals surface area contributed by atoms with Crippen LogP contribution in [0.25, 0.3) is 0 Å². The molecule has 1 aromatic heterocycles. The second-order valence-corrected chi connectivity index (χ2v) is 7.76. The number of aliphatic imine (C=N–C) groups is 1. The van der Waals surface area contributed by atoms with Gasteiger partial charge in [-0.2, -0.15) is 0 Å². The van der Waals surface area contributed by atoms with Crippen LogP contribution in [0.1, 0.15) is 34.6 Å². The lowest BCUT2D eigenvalue weighted by Crippen LogP contribution is -2.54. The van der Waals surface area contributed by atoms with E-state index in [0.29, 0.717) is 18.8 Å². The van der Waals surface area contributed by atoms with Gasteiger partial charge in [0.2, 0.25) is 0 Å². The Balaban J connectivity index is 0.00000341. The molecule has 170 valence electrons. The van der Waals surface area contributed by atoms with Crippen molar-refractivity contribution in [2.75, 3.05) is 53.9 Å². The van der Waals surface area contributed by atoms with Crippen molar-refractivity contribution in [3.8, 4) is 0 Å². The van der Waals surface area contributed by atoms with E-state index in [4.69, 9.17) is 4.42 Å². The second-order valence-electron chi connectivity index (χ2n) is 7.76. The number of nitrogens with zero attached hydrogens (tertiary/aromatic N) is 4. The third-order valence-electron chi connectivity index (χ3n) is 5.66. The molecule has 2 heterocycles. The molecule has 0 saturated carbocycles. The van der Waals surface area contributed by atoms with Gasteiger partial charge in [-0.15, -0.1) is 24.0 Å². The molecule has 2 aromatic rings. The van der Waals surface area contributed by atoms with Crippen LogP contribution >= 0.6 is 24.0 Å². The Morgan fingerprint density at radius 1 is 1.13 bits per heavy atom. The quantitative estimate of drug-likeness (QED) is 0.348. The first-order chi connectivity index (χ1) is 14.5. The molecular formula is C23H34IN5O2. The van der Waals surface area contributed by atoms with Crippen LogP contribution in [0.5, 0.6) is 0 Å². The maximum Gasteiger partial charge on any atom is 0.289 e. The van der Waals surface area contributed by atoms with Crippen LogP contribution in [0.3, 0.4) is 0 Å². The highest BCUT2D eigenvalue weighted by molar-refractivity contribution is 14.0. The summed E-state index contributed by atoms with van der Waals surface area (Å²) in [6, 6.07) is 12.5. The van der Waals surface area contributed by atoms with Crippen molar-refractivity contribution in [1.29, 1.82) is 0 Å². The molecule has 3 rings (SSSR count). The fourth-order valence-electron chi connectivity index (χ4n) is 3.77. The average Bonchev–Trinajstić information content (AvgIpc) is 3.31. The largest absolute Gasteiger partial charge is 0.459 e. The Morgan fingerprint density at radius 3 is 2.29 bits per heavy atom. The Kier molecular flexibility index (Phi) is 9.83. The molecule has 1 aliphatic rings. The Morgan fingerprint density at radius 2 is 1.77 bits per heavy atom. The predicted molar refractivity (Wildman–Crippen MR) is 135 cm³/mol. The van der Waals surface area contributed by atoms with Crippen LogP contribution in [-0.4, -0.2) is 80.4 Å². The number of furan rings is 1. The van der Waals surface area contributed by atoms with E-state index < -0.39 is 0 Å². The van der Waals surface area contributed by atoms with Crippen molar-refractivity contribution in [1.82, 2.24) is 20.0 Å². The van der Waals surface area contributed by atoms with Crippen LogP contribution in [0.15, 0.2) is 52.1 Å². The van der Waals surface area contributed by atoms with E-state index in [0.717, 1.165) is 32.0 Å². The van der Waals surface area contributed by atoms with Crippen molar-refractivity contribution in [3.63, 3.8) is 0 Å². The van der Waals surface area contributed by atoms with E-state index in [9.17, 15) is 4.79 Å². The average molecular weight is 539 g/mol. The zero-order chi connectivity index (χ0) is 21.5. The molecule has 1 N–H and O–H groups in total. The van der Waals surface area contributed by atoms with E-state index in [2.05, 4.69) is 65.4 Å². The van der Waals surface area contributed by atoms with Gasteiger partial charge in [-0.05, 0) is 43.8 Å². The van der Waals surface area contributed by atoms with Crippen molar-refractivity contribution in [2.24, 2.45) is 4.99 Å². The van der Waals surface area contributed by atoms with Gasteiger partial charge in [0, 0.05) is 39.8 Å². The lowest BCUT2D eigenvalue weighted by Gasteiger charge is -2.37. The summed E-state index contributed by atoms with van der Waals surface area (Å²) in [7, 11) is 6.01. The van der Waals surface area contributed by atoms with Crippen molar-refractivity contribution >= 4 is 35.8 Å². The smallest absolute Gasteiger partial charge is 0.289 e. The summed E-state index contributed by atoms with van der Waals surface area (Å²) in [6.45, 7) is 5.71. The van der Waals surface area contributed by atoms with Crippen LogP contribution in [0.4, 0.5) is 0 Å². The third kappa shape index (κ3) is 6.46. The minimum absolute atomic E-state index is 0. The van der Waals surface area contributed by atoms with Gasteiger partial charge in [0.05, 0.1) is 12.3 Å². The maximum absolute atomic E-state index is 12.5. The summed E-state index contributed by atoms with van der Waals surface area (Å²) in [5.41, 5.74) is 2.64. The molecule has 1 amide bonds. The molecule has 31 heavy (non-hydrogen) atoms. The summed E-state index contributed by atoms with van der Waals surface area (Å²) in [5.74, 6) is 1.22. The SMILES string of the molecule is CCc1ccc(C(CNC(=NC)N2CCN(C(=O)c3ccco3)CC2)N(C)C)cc1.I. The van der Waals surface area contributed by atoms with E-state index in [1.807, 2.05) is 11.9 Å². The first-order valence-electron chi connectivity index (χ1n) is 10.6. The maximum atomic E-state index is 12.5. The second kappa shape index (κ2) is 12.1. The van der Waals surface area contributed by atoms with E-state index in [1.165, 1.54) is 17.4 Å². The molecule has 0 aliphatic carbocycles. The highest BCUT2D eigenvalue weighted by Crippen LogP contribution is 2.18. The third-order valence-corrected chi connectivity index (χ3v) is 5.66. The van der Waals surface area contributed by atoms with E-state index in [1.54, 1.807) is 12.1 Å². The fraction of sp³-hybridized carbons (Fsp3) is 0.478. The normalized spacial score (nSPS) is 15.6. The minimum Gasteiger partial charge on any atom is -0.459 e. The lowest BCUT2D eigenvalue weighted by atomic mass is 10.0. The predicted octanol–water partition coefficient (Wildman–Crippen LogP) is 3.10. The number of hydrogen-bond acceptors (Lipinski definition) is 4. The molecule has 1 saturated heterocycles. The van der Waals surface area contributed by atoms with Crippen LogP contribution in [0.2, 0.25) is 0 Å². The van der Waals surface area contributed by atoms with Crippen molar-refractivity contribution in [3.05, 3.63) is 59.5 Å². The Bertz CT molecular complexity index is 828. The van der Waals surface area contributed by atoms with Crippen molar-refractivity contribution < 1.29 is 9.21 Å². The summed E-state index contributed by atoms with van der Waals surface area (Å²) < 4.78 is 5.24. The highest BCUT2D eigenvalue weighted by Gasteiger charge is 2.25. The first-order valence-corrected chi connectivity index (χ1v) is 10.6. The number of halogens is 1. The summed E-state index contributed by atoms with van der Waals surface area (Å²) >= 11 is 0. The molecule has 7 nitrogen and oxygen atoms in total. The number of likely N-dealkylation sites (N-methyl/N-ethyl adjacent to an activating group) is 1. The van der Waals surface area contributed by atoms with Crippen molar-refractivity contribution in [2.45, 2.75) is 19.4 Å². The van der Waals surface area contributed by atoms with Gasteiger partial charge >= 0.3 is 0 Å². The molecule has 8 heteroatoms. The number of aryl methyl sites for hydroxylation is 1. The topological polar surface area (TPSA) is 64.3 Å². The number of piperazine rings is 1. The Hall–Kier alpha value is -2.07. The van der Waals surface area contributed by atoms with E-state index in [-0.39, 0.29) is 35.9 Å². The summed E-state index contributed by atoms with van der Waals surface area (Å²) in [5, 5.41) is 3.53. The summed E-state index contributed by atoms with van der Waals surface area (Å²) in [4.78, 5) is 23.2. The number of hydrogen-bond donors (Lipinski definition) is 1. The summed E-state index contributed by atoms with van der Waals surface area (Å²) in [6.07, 6.45) is 2.58. The molecule has 1 aliphatic heterocycles. The zero-order valence-corrected chi connectivity index (χ0v) is 21.2. The molecule has 1 fully saturated rings. The first kappa shape index (κ1) is 25.2. The number of nitrogens with one attached hydrogen (secondary N) is 1. The molecule has 0 spiro atoms. The number of carbonyl (C=O) groups excluding carboxylic acids is 1. The van der Waals surface area contributed by atoms with Crippen LogP contribution in [-0.2, 0) is 6.42 Å². The van der Waals surface area contributed by atoms with E-state index >= 15 is 0 Å².